The smallest absolute Gasteiger partial charge is 0.207 e. The molecule has 4 saturated carbocycles. The van der Waals surface area contributed by atoms with E-state index in [1.807, 2.05) is 42.5 Å². The third kappa shape index (κ3) is 2.81. The van der Waals surface area contributed by atoms with Crippen LogP contribution in [0.1, 0.15) is 43.2 Å². The monoisotopic (exact) mass is 528 g/mol. The van der Waals surface area contributed by atoms with E-state index in [0.29, 0.717) is 21.6 Å². The molecule has 3 heterocycles. The van der Waals surface area contributed by atoms with Crippen LogP contribution in [0.5, 0.6) is 0 Å². The molecule has 5 aromatic rings. The van der Waals surface area contributed by atoms with Gasteiger partial charge in [-0.15, -0.1) is 0 Å². The SMILES string of the molecule is O=S1(=O)c2ccccc2C2(c3ccc(-c4ccc5ccc6cccnc6c5n4)cc31)C1CC3CC(C1)CC2C3. The molecule has 0 saturated heterocycles. The highest BCUT2D eigenvalue weighted by Gasteiger charge is 2.62. The predicted molar refractivity (Wildman–Crippen MR) is 152 cm³/mol. The van der Waals surface area contributed by atoms with E-state index in [2.05, 4.69) is 41.4 Å². The maximum atomic E-state index is 14.3. The number of hydrogen-bond acceptors (Lipinski definition) is 4. The van der Waals surface area contributed by atoms with Gasteiger partial charge in [0, 0.05) is 27.9 Å². The van der Waals surface area contributed by atoms with E-state index < -0.39 is 9.84 Å². The van der Waals surface area contributed by atoms with Crippen LogP contribution in [-0.2, 0) is 15.3 Å². The maximum absolute atomic E-state index is 14.3. The Morgan fingerprint density at radius 3 is 2.15 bits per heavy atom. The van der Waals surface area contributed by atoms with Gasteiger partial charge in [-0.2, -0.15) is 0 Å². The van der Waals surface area contributed by atoms with Crippen molar-refractivity contribution in [3.05, 3.63) is 96.2 Å². The van der Waals surface area contributed by atoms with Gasteiger partial charge in [-0.3, -0.25) is 4.98 Å². The lowest BCUT2D eigenvalue weighted by molar-refractivity contribution is -0.0446. The van der Waals surface area contributed by atoms with Crippen LogP contribution in [0.3, 0.4) is 0 Å². The maximum Gasteiger partial charge on any atom is 0.207 e. The Hall–Kier alpha value is -3.57. The Balaban J connectivity index is 1.29. The first-order chi connectivity index (χ1) is 19.0. The minimum absolute atomic E-state index is 0.208. The Labute approximate surface area is 228 Å². The first-order valence-electron chi connectivity index (χ1n) is 14.2. The summed E-state index contributed by atoms with van der Waals surface area (Å²) in [7, 11) is -3.66. The summed E-state index contributed by atoms with van der Waals surface area (Å²) in [6, 6.07) is 26.3. The molecule has 39 heavy (non-hydrogen) atoms. The molecule has 192 valence electrons. The van der Waals surface area contributed by atoms with E-state index in [1.165, 1.54) is 32.1 Å². The molecule has 1 aliphatic heterocycles. The van der Waals surface area contributed by atoms with Crippen molar-refractivity contribution in [3.63, 3.8) is 0 Å². The van der Waals surface area contributed by atoms with Crippen molar-refractivity contribution in [1.82, 2.24) is 9.97 Å². The molecule has 0 radical (unpaired) electrons. The Morgan fingerprint density at radius 1 is 0.667 bits per heavy atom. The fraction of sp³-hybridized carbons (Fsp3) is 0.294. The Bertz CT molecular complexity index is 1930. The molecule has 4 fully saturated rings. The number of aromatic nitrogens is 2. The van der Waals surface area contributed by atoms with Gasteiger partial charge < -0.3 is 0 Å². The van der Waals surface area contributed by atoms with Crippen LogP contribution in [0.25, 0.3) is 33.1 Å². The second kappa shape index (κ2) is 7.54. The lowest BCUT2D eigenvalue weighted by Crippen LogP contribution is -2.57. The molecular formula is C34H28N2O2S. The van der Waals surface area contributed by atoms with Crippen molar-refractivity contribution >= 4 is 31.6 Å². The van der Waals surface area contributed by atoms with Crippen LogP contribution >= 0.6 is 0 Å². The summed E-state index contributed by atoms with van der Waals surface area (Å²) in [6.45, 7) is 0. The number of benzene rings is 3. The summed E-state index contributed by atoms with van der Waals surface area (Å²) < 4.78 is 28.5. The van der Waals surface area contributed by atoms with Crippen molar-refractivity contribution in [2.75, 3.05) is 0 Å². The molecule has 5 heteroatoms. The molecular weight excluding hydrogens is 500 g/mol. The minimum Gasteiger partial charge on any atom is -0.254 e. The van der Waals surface area contributed by atoms with E-state index in [1.54, 1.807) is 6.20 Å². The zero-order chi connectivity index (χ0) is 25.9. The number of fused-ring (bicyclic) bond motifs is 5. The second-order valence-electron chi connectivity index (χ2n) is 12.3. The van der Waals surface area contributed by atoms with Crippen molar-refractivity contribution in [2.24, 2.45) is 23.7 Å². The Kier molecular flexibility index (Phi) is 4.31. The quantitative estimate of drug-likeness (QED) is 0.214. The largest absolute Gasteiger partial charge is 0.254 e. The normalized spacial score (nSPS) is 29.5. The summed E-state index contributed by atoms with van der Waals surface area (Å²) >= 11 is 0. The molecule has 4 aliphatic carbocycles. The molecule has 0 amide bonds. The first kappa shape index (κ1) is 22.3. The highest BCUT2D eigenvalue weighted by atomic mass is 32.2. The van der Waals surface area contributed by atoms with Gasteiger partial charge in [0.1, 0.15) is 0 Å². The van der Waals surface area contributed by atoms with Gasteiger partial charge >= 0.3 is 0 Å². The average Bonchev–Trinajstić information content (AvgIpc) is 2.96. The summed E-state index contributed by atoms with van der Waals surface area (Å²) in [5.74, 6) is 2.62. The van der Waals surface area contributed by atoms with Crippen LogP contribution in [0.15, 0.2) is 94.9 Å². The summed E-state index contributed by atoms with van der Waals surface area (Å²) in [5.41, 5.74) is 5.20. The molecule has 2 aromatic heterocycles. The van der Waals surface area contributed by atoms with Gasteiger partial charge in [0.15, 0.2) is 0 Å². The van der Waals surface area contributed by atoms with Crippen molar-refractivity contribution < 1.29 is 8.42 Å². The van der Waals surface area contributed by atoms with Gasteiger partial charge in [0.25, 0.3) is 0 Å². The Morgan fingerprint density at radius 2 is 1.36 bits per heavy atom. The number of hydrogen-bond donors (Lipinski definition) is 0. The average molecular weight is 529 g/mol. The van der Waals surface area contributed by atoms with Crippen molar-refractivity contribution in [2.45, 2.75) is 47.3 Å². The van der Waals surface area contributed by atoms with Gasteiger partial charge in [-0.1, -0.05) is 54.6 Å². The molecule has 4 nitrogen and oxygen atoms in total. The fourth-order valence-corrected chi connectivity index (χ4v) is 11.1. The molecule has 5 aliphatic rings. The first-order valence-corrected chi connectivity index (χ1v) is 15.7. The molecule has 10 rings (SSSR count). The molecule has 4 bridgehead atoms. The number of rotatable bonds is 1. The minimum atomic E-state index is -3.66. The molecule has 1 spiro atoms. The summed E-state index contributed by atoms with van der Waals surface area (Å²) in [6.07, 6.45) is 8.03. The molecule has 0 atom stereocenters. The standard InChI is InChI=1S/C34H28N2O2S/c37-39(38)30-6-2-1-5-27(30)34(25-15-20-14-21(17-25)18-26(34)16-20)28-11-9-24(19-31(28)39)29-12-10-23-8-7-22-4-3-13-35-32(22)33(23)36-29/h1-13,19-21,25-26H,14-18H2. The highest BCUT2D eigenvalue weighted by molar-refractivity contribution is 7.91. The van der Waals surface area contributed by atoms with Crippen LogP contribution < -0.4 is 0 Å². The predicted octanol–water partition coefficient (Wildman–Crippen LogP) is 7.34. The second-order valence-corrected chi connectivity index (χ2v) is 14.2. The van der Waals surface area contributed by atoms with E-state index in [-0.39, 0.29) is 5.41 Å². The van der Waals surface area contributed by atoms with E-state index >= 15 is 0 Å². The van der Waals surface area contributed by atoms with Crippen LogP contribution in [0.2, 0.25) is 0 Å². The molecule has 3 aromatic carbocycles. The van der Waals surface area contributed by atoms with Crippen molar-refractivity contribution in [1.29, 1.82) is 0 Å². The number of sulfone groups is 1. The van der Waals surface area contributed by atoms with Gasteiger partial charge in [-0.25, -0.2) is 13.4 Å². The van der Waals surface area contributed by atoms with Crippen LogP contribution in [-0.4, -0.2) is 18.4 Å². The fourth-order valence-electron chi connectivity index (χ4n) is 9.24. The lowest BCUT2D eigenvalue weighted by atomic mass is 9.42. The van der Waals surface area contributed by atoms with Crippen LogP contribution in [0, 0.1) is 23.7 Å². The molecule has 0 N–H and O–H groups in total. The molecule has 0 unspecified atom stereocenters. The van der Waals surface area contributed by atoms with Gasteiger partial charge in [0.2, 0.25) is 9.84 Å². The summed E-state index contributed by atoms with van der Waals surface area (Å²) in [5, 5.41) is 2.07. The van der Waals surface area contributed by atoms with Crippen molar-refractivity contribution in [3.8, 4) is 11.3 Å². The van der Waals surface area contributed by atoms with Crippen LogP contribution in [0.4, 0.5) is 0 Å². The lowest BCUT2D eigenvalue weighted by Gasteiger charge is -2.63. The number of pyridine rings is 2. The highest BCUT2D eigenvalue weighted by Crippen LogP contribution is 2.68. The zero-order valence-electron chi connectivity index (χ0n) is 21.5. The third-order valence-electron chi connectivity index (χ3n) is 10.5. The zero-order valence-corrected chi connectivity index (χ0v) is 22.4. The number of nitrogens with zero attached hydrogens (tertiary/aromatic N) is 2. The van der Waals surface area contributed by atoms with Gasteiger partial charge in [-0.05, 0) is 91.2 Å². The third-order valence-corrected chi connectivity index (χ3v) is 12.3. The van der Waals surface area contributed by atoms with E-state index in [4.69, 9.17) is 4.98 Å². The topological polar surface area (TPSA) is 59.9 Å². The summed E-state index contributed by atoms with van der Waals surface area (Å²) in [4.78, 5) is 10.6. The van der Waals surface area contributed by atoms with E-state index in [9.17, 15) is 8.42 Å². The van der Waals surface area contributed by atoms with E-state index in [0.717, 1.165) is 56.0 Å². The van der Waals surface area contributed by atoms with Gasteiger partial charge in [0.05, 0.1) is 26.5 Å².